The van der Waals surface area contributed by atoms with Crippen LogP contribution in [-0.2, 0) is 23.7 Å². The van der Waals surface area contributed by atoms with Gasteiger partial charge in [-0.25, -0.2) is 8.78 Å². The minimum atomic E-state index is -2.88. The molecule has 0 saturated heterocycles. The van der Waals surface area contributed by atoms with Crippen LogP contribution in [0.5, 0.6) is 0 Å². The van der Waals surface area contributed by atoms with Crippen molar-refractivity contribution in [3.05, 3.63) is 76.4 Å². The van der Waals surface area contributed by atoms with E-state index in [1.165, 1.54) is 30.9 Å². The highest BCUT2D eigenvalue weighted by Gasteiger charge is 2.25. The van der Waals surface area contributed by atoms with E-state index in [0.29, 0.717) is 6.54 Å². The van der Waals surface area contributed by atoms with Crippen LogP contribution in [-0.4, -0.2) is 11.7 Å². The number of carbonyl (C=O) groups excluding carboxylic acids is 1. The van der Waals surface area contributed by atoms with Gasteiger partial charge >= 0.3 is 0 Å². The highest BCUT2D eigenvalue weighted by atomic mass is 32.1. The van der Waals surface area contributed by atoms with E-state index in [1.54, 1.807) is 18.2 Å². The minimum Gasteiger partial charge on any atom is -0.348 e. The van der Waals surface area contributed by atoms with Crippen LogP contribution >= 0.6 is 12.6 Å². The molecule has 0 spiro atoms. The third-order valence-electron chi connectivity index (χ3n) is 6.53. The van der Waals surface area contributed by atoms with E-state index >= 15 is 0 Å². The Balaban J connectivity index is 1.73. The van der Waals surface area contributed by atoms with Crippen molar-refractivity contribution in [2.24, 2.45) is 5.92 Å². The van der Waals surface area contributed by atoms with E-state index in [0.717, 1.165) is 66.5 Å². The fraction of sp³-hybridized carbons (Fsp3) is 0.464. The van der Waals surface area contributed by atoms with Gasteiger partial charge in [0, 0.05) is 25.1 Å². The number of amides is 1. The Morgan fingerprint density at radius 2 is 1.94 bits per heavy atom. The predicted molar refractivity (Wildman–Crippen MR) is 136 cm³/mol. The van der Waals surface area contributed by atoms with Crippen LogP contribution in [0.15, 0.2) is 48.5 Å². The number of thiol groups is 1. The Labute approximate surface area is 202 Å². The lowest BCUT2D eigenvalue weighted by Crippen LogP contribution is -2.21. The van der Waals surface area contributed by atoms with Crippen molar-refractivity contribution in [1.29, 1.82) is 0 Å². The van der Waals surface area contributed by atoms with E-state index in [1.807, 2.05) is 19.1 Å². The Morgan fingerprint density at radius 1 is 1.18 bits per heavy atom. The summed E-state index contributed by atoms with van der Waals surface area (Å²) < 4.78 is 27.5. The second-order valence-corrected chi connectivity index (χ2v) is 9.74. The van der Waals surface area contributed by atoms with Crippen LogP contribution in [0.25, 0.3) is 5.57 Å². The van der Waals surface area contributed by atoms with Crippen molar-refractivity contribution in [2.45, 2.75) is 71.3 Å². The summed E-state index contributed by atoms with van der Waals surface area (Å²) in [5.74, 6) is -1.45. The van der Waals surface area contributed by atoms with Gasteiger partial charge < -0.3 is 5.32 Å². The molecule has 2 nitrogen and oxygen atoms in total. The Bertz CT molecular complexity index is 976. The maximum Gasteiger partial charge on any atom is 0.270 e. The summed E-state index contributed by atoms with van der Waals surface area (Å²) in [6, 6.07) is 12.9. The van der Waals surface area contributed by atoms with Gasteiger partial charge in [0.25, 0.3) is 5.92 Å². The fourth-order valence-corrected chi connectivity index (χ4v) is 4.63. The normalized spacial score (nSPS) is 14.8. The molecule has 1 aliphatic carbocycles. The summed E-state index contributed by atoms with van der Waals surface area (Å²) in [4.78, 5) is 12.8. The zero-order chi connectivity index (χ0) is 23.8. The smallest absolute Gasteiger partial charge is 0.270 e. The molecule has 3 rings (SSSR count). The maximum absolute atomic E-state index is 13.8. The maximum atomic E-state index is 13.8. The van der Waals surface area contributed by atoms with E-state index < -0.39 is 5.92 Å². The van der Waals surface area contributed by atoms with Gasteiger partial charge in [-0.3, -0.25) is 4.79 Å². The van der Waals surface area contributed by atoms with Crippen molar-refractivity contribution in [1.82, 2.24) is 5.32 Å². The summed E-state index contributed by atoms with van der Waals surface area (Å²) >= 11 is 4.28. The fourth-order valence-electron chi connectivity index (χ4n) is 4.37. The number of nitrogens with one attached hydrogen (secondary N) is 1. The molecule has 1 N–H and O–H groups in total. The van der Waals surface area contributed by atoms with Crippen LogP contribution in [0.1, 0.15) is 73.3 Å². The minimum absolute atomic E-state index is 0.00288. The number of allylic oxidation sites excluding steroid dienone is 1. The molecule has 178 valence electrons. The van der Waals surface area contributed by atoms with Gasteiger partial charge in [0.2, 0.25) is 5.91 Å². The molecule has 0 radical (unpaired) electrons. The van der Waals surface area contributed by atoms with Crippen molar-refractivity contribution in [3.8, 4) is 0 Å². The number of alkyl halides is 2. The van der Waals surface area contributed by atoms with Crippen LogP contribution in [0, 0.1) is 12.8 Å². The summed E-state index contributed by atoms with van der Waals surface area (Å²) in [6.45, 7) is 3.20. The van der Waals surface area contributed by atoms with Gasteiger partial charge in [-0.2, -0.15) is 12.6 Å². The quantitative estimate of drug-likeness (QED) is 0.262. The molecule has 0 heterocycles. The molecule has 0 aliphatic heterocycles. The average Bonchev–Trinajstić information content (AvgIpc) is 2.73. The standard InChI is InChI=1S/C28H35F2NOS/c1-20-16-25(28(2,29)30)12-13-26(20)24(11-5-8-21-6-3-7-21)18-27(32)31-19-23-10-4-9-22(17-23)14-15-33/h4,9-10,12-13,16-18,21,33H,3,5-8,11,14-15,19H2,1-2H3,(H,31,32)/b24-18+. The largest absolute Gasteiger partial charge is 0.348 e. The molecule has 0 atom stereocenters. The van der Waals surface area contributed by atoms with Crippen molar-refractivity contribution < 1.29 is 13.6 Å². The lowest BCUT2D eigenvalue weighted by Gasteiger charge is -2.25. The van der Waals surface area contributed by atoms with Crippen LogP contribution < -0.4 is 5.32 Å². The van der Waals surface area contributed by atoms with Gasteiger partial charge in [0.1, 0.15) is 0 Å². The predicted octanol–water partition coefficient (Wildman–Crippen LogP) is 7.25. The third kappa shape index (κ3) is 7.70. The number of hydrogen-bond donors (Lipinski definition) is 2. The van der Waals surface area contributed by atoms with Crippen molar-refractivity contribution in [3.63, 3.8) is 0 Å². The molecular weight excluding hydrogens is 436 g/mol. The first-order chi connectivity index (χ1) is 15.8. The Kier molecular flexibility index (Phi) is 9.13. The van der Waals surface area contributed by atoms with E-state index in [4.69, 9.17) is 0 Å². The van der Waals surface area contributed by atoms with Crippen LogP contribution in [0.2, 0.25) is 0 Å². The SMILES string of the molecule is Cc1cc(C(C)(F)F)ccc1/C(=C/C(=O)NCc1cccc(CCS)c1)CCCC1CCC1. The summed E-state index contributed by atoms with van der Waals surface area (Å²) in [5, 5.41) is 2.99. The summed E-state index contributed by atoms with van der Waals surface area (Å²) in [7, 11) is 0. The molecule has 2 aromatic rings. The van der Waals surface area contributed by atoms with Gasteiger partial charge in [-0.15, -0.1) is 0 Å². The van der Waals surface area contributed by atoms with Gasteiger partial charge in [0.15, 0.2) is 0 Å². The lowest BCUT2D eigenvalue weighted by molar-refractivity contribution is -0.116. The van der Waals surface area contributed by atoms with E-state index in [9.17, 15) is 13.6 Å². The average molecular weight is 472 g/mol. The van der Waals surface area contributed by atoms with Gasteiger partial charge in [0.05, 0.1) is 0 Å². The molecule has 2 aromatic carbocycles. The number of rotatable bonds is 11. The first-order valence-electron chi connectivity index (χ1n) is 11.9. The lowest BCUT2D eigenvalue weighted by atomic mass is 9.81. The topological polar surface area (TPSA) is 29.1 Å². The monoisotopic (exact) mass is 471 g/mol. The van der Waals surface area contributed by atoms with Gasteiger partial charge in [-0.05, 0) is 71.8 Å². The zero-order valence-corrected chi connectivity index (χ0v) is 20.6. The van der Waals surface area contributed by atoms with Crippen molar-refractivity contribution in [2.75, 3.05) is 5.75 Å². The third-order valence-corrected chi connectivity index (χ3v) is 6.75. The van der Waals surface area contributed by atoms with Gasteiger partial charge in [-0.1, -0.05) is 62.1 Å². The Hall–Kier alpha value is -2.14. The molecule has 0 aromatic heterocycles. The number of hydrogen-bond acceptors (Lipinski definition) is 2. The molecule has 1 amide bonds. The second kappa shape index (κ2) is 11.8. The Morgan fingerprint density at radius 3 is 2.58 bits per heavy atom. The molecular formula is C28H35F2NOS. The van der Waals surface area contributed by atoms with Crippen LogP contribution in [0.4, 0.5) is 8.78 Å². The highest BCUT2D eigenvalue weighted by molar-refractivity contribution is 7.80. The van der Waals surface area contributed by atoms with Crippen molar-refractivity contribution >= 4 is 24.1 Å². The molecule has 33 heavy (non-hydrogen) atoms. The molecule has 5 heteroatoms. The number of benzene rings is 2. The molecule has 1 fully saturated rings. The van der Waals surface area contributed by atoms with E-state index in [2.05, 4.69) is 30.1 Å². The first-order valence-corrected chi connectivity index (χ1v) is 12.6. The van der Waals surface area contributed by atoms with Crippen LogP contribution in [0.3, 0.4) is 0 Å². The highest BCUT2D eigenvalue weighted by Crippen LogP contribution is 2.34. The summed E-state index contributed by atoms with van der Waals surface area (Å²) in [6.07, 6.45) is 9.38. The number of aryl methyl sites for hydroxylation is 2. The number of carbonyl (C=O) groups is 1. The molecule has 0 bridgehead atoms. The number of halogens is 2. The molecule has 0 unspecified atom stereocenters. The zero-order valence-electron chi connectivity index (χ0n) is 19.7. The first kappa shape index (κ1) is 25.5. The molecule has 1 aliphatic rings. The van der Waals surface area contributed by atoms with E-state index in [-0.39, 0.29) is 11.5 Å². The second-order valence-electron chi connectivity index (χ2n) is 9.29. The summed E-state index contributed by atoms with van der Waals surface area (Å²) in [5.41, 5.74) is 4.82. The molecule has 1 saturated carbocycles.